The predicted octanol–water partition coefficient (Wildman–Crippen LogP) is 10.3. The van der Waals surface area contributed by atoms with Gasteiger partial charge in [0.2, 0.25) is 0 Å². The van der Waals surface area contributed by atoms with Gasteiger partial charge in [-0.1, -0.05) is 78.9 Å². The van der Waals surface area contributed by atoms with Crippen molar-refractivity contribution in [3.05, 3.63) is 215 Å². The molecule has 276 valence electrons. The van der Waals surface area contributed by atoms with Gasteiger partial charge >= 0.3 is 0 Å². The van der Waals surface area contributed by atoms with Crippen molar-refractivity contribution in [1.29, 1.82) is 0 Å². The second-order valence-corrected chi connectivity index (χ2v) is 13.4. The zero-order valence-corrected chi connectivity index (χ0v) is 29.8. The van der Waals surface area contributed by atoms with Gasteiger partial charge in [-0.25, -0.2) is 27.5 Å². The molecule has 0 amide bonds. The highest BCUT2D eigenvalue weighted by Gasteiger charge is 2.34. The van der Waals surface area contributed by atoms with E-state index in [-0.39, 0.29) is 29.2 Å². The van der Waals surface area contributed by atoms with E-state index in [1.165, 1.54) is 48.5 Å². The minimum Gasteiger partial charge on any atom is -0.379 e. The molecule has 2 heterocycles. The molecule has 0 fully saturated rings. The first-order valence-corrected chi connectivity index (χ1v) is 18.0. The van der Waals surface area contributed by atoms with Crippen LogP contribution >= 0.6 is 0 Å². The van der Waals surface area contributed by atoms with Gasteiger partial charge in [0, 0.05) is 24.4 Å². The first-order chi connectivity index (χ1) is 26.3. The van der Waals surface area contributed by atoms with Gasteiger partial charge in [-0.05, 0) is 115 Å². The molecule has 7 aromatic rings. The van der Waals surface area contributed by atoms with Crippen LogP contribution in [0.4, 0.5) is 17.6 Å². The minimum atomic E-state index is -1.33. The van der Waals surface area contributed by atoms with Crippen molar-refractivity contribution in [2.75, 3.05) is 0 Å². The Kier molecular flexibility index (Phi) is 12.9. The van der Waals surface area contributed by atoms with Crippen LogP contribution in [0, 0.1) is 23.3 Å². The number of halogens is 4. The Morgan fingerprint density at radius 3 is 1.74 bits per heavy atom. The van der Waals surface area contributed by atoms with Gasteiger partial charge in [0.05, 0.1) is 24.5 Å². The number of benzene rings is 5. The molecule has 2 N–H and O–H groups in total. The highest BCUT2D eigenvalue weighted by atomic mass is 19.1. The molecule has 2 atom stereocenters. The summed E-state index contributed by atoms with van der Waals surface area (Å²) < 4.78 is 54.8. The van der Waals surface area contributed by atoms with Gasteiger partial charge in [-0.2, -0.15) is 0 Å². The second kappa shape index (κ2) is 18.3. The maximum absolute atomic E-state index is 13.6. The standard InChI is InChI=1S/C26H24F2N2O.C19H18F2N2/c27-23-12-8-20(9-13-23)7-4-16-26(31,22-10-14-24(28)15-11-22)25-17-29-19-30(25)18-21-5-2-1-3-6-21;20-16-8-4-14(5-9-16)2-1-3-18(19-12-22-13-23-19)15-6-10-17(21)11-7-15/h1-3,5-6,8-15,17,19,31H,4,7,16,18H2;4-13,18H,1-3H2,(H,22,23). The van der Waals surface area contributed by atoms with E-state index in [4.69, 9.17) is 0 Å². The van der Waals surface area contributed by atoms with E-state index >= 15 is 0 Å². The number of nitrogens with zero attached hydrogens (tertiary/aromatic N) is 3. The molecule has 0 aliphatic rings. The van der Waals surface area contributed by atoms with E-state index in [2.05, 4.69) is 15.0 Å². The molecular weight excluding hydrogens is 689 g/mol. The van der Waals surface area contributed by atoms with Crippen LogP contribution < -0.4 is 0 Å². The largest absolute Gasteiger partial charge is 0.379 e. The second-order valence-electron chi connectivity index (χ2n) is 13.4. The lowest BCUT2D eigenvalue weighted by Gasteiger charge is -2.30. The Balaban J connectivity index is 0.000000193. The Morgan fingerprint density at radius 1 is 0.611 bits per heavy atom. The van der Waals surface area contributed by atoms with E-state index in [1.54, 1.807) is 43.1 Å². The normalized spacial score (nSPS) is 12.8. The zero-order valence-electron chi connectivity index (χ0n) is 29.8. The summed E-state index contributed by atoms with van der Waals surface area (Å²) in [5.41, 5.74) is 5.23. The predicted molar refractivity (Wildman–Crippen MR) is 203 cm³/mol. The highest BCUT2D eigenvalue weighted by Crippen LogP contribution is 2.35. The summed E-state index contributed by atoms with van der Waals surface area (Å²) in [6.45, 7) is 0.567. The average molecular weight is 731 g/mol. The van der Waals surface area contributed by atoms with Gasteiger partial charge in [0.15, 0.2) is 0 Å². The summed E-state index contributed by atoms with van der Waals surface area (Å²) in [6, 6.07) is 35.5. The average Bonchev–Trinajstić information content (AvgIpc) is 3.90. The molecule has 5 aromatic carbocycles. The number of imidazole rings is 2. The molecule has 0 saturated heterocycles. The lowest BCUT2D eigenvalue weighted by atomic mass is 9.85. The Labute approximate surface area is 313 Å². The van der Waals surface area contributed by atoms with Crippen LogP contribution in [0.5, 0.6) is 0 Å². The summed E-state index contributed by atoms with van der Waals surface area (Å²) in [5, 5.41) is 11.9. The summed E-state index contributed by atoms with van der Waals surface area (Å²) in [4.78, 5) is 11.5. The molecule has 0 aliphatic heterocycles. The lowest BCUT2D eigenvalue weighted by molar-refractivity contribution is 0.0607. The third-order valence-corrected chi connectivity index (χ3v) is 9.61. The Morgan fingerprint density at radius 2 is 1.17 bits per heavy atom. The smallest absolute Gasteiger partial charge is 0.131 e. The monoisotopic (exact) mass is 730 g/mol. The topological polar surface area (TPSA) is 66.7 Å². The molecule has 9 heteroatoms. The number of rotatable bonds is 14. The van der Waals surface area contributed by atoms with E-state index < -0.39 is 5.60 Å². The molecule has 5 nitrogen and oxygen atoms in total. The fraction of sp³-hybridized carbons (Fsp3) is 0.200. The number of aromatic nitrogens is 4. The molecule has 7 rings (SSSR count). The molecule has 54 heavy (non-hydrogen) atoms. The Bertz CT molecular complexity index is 2140. The van der Waals surface area contributed by atoms with Gasteiger partial charge in [0.25, 0.3) is 0 Å². The van der Waals surface area contributed by atoms with Crippen molar-refractivity contribution in [2.24, 2.45) is 0 Å². The van der Waals surface area contributed by atoms with Crippen LogP contribution in [0.2, 0.25) is 0 Å². The first kappa shape index (κ1) is 37.9. The first-order valence-electron chi connectivity index (χ1n) is 18.0. The fourth-order valence-electron chi connectivity index (χ4n) is 6.73. The molecule has 0 bridgehead atoms. The third kappa shape index (κ3) is 10.2. The van der Waals surface area contributed by atoms with Crippen molar-refractivity contribution < 1.29 is 22.7 Å². The summed E-state index contributed by atoms with van der Waals surface area (Å²) in [5.74, 6) is -0.913. The number of hydrogen-bond donors (Lipinski definition) is 2. The number of aromatic amines is 1. The van der Waals surface area contributed by atoms with Crippen LogP contribution in [-0.4, -0.2) is 24.6 Å². The molecule has 2 aromatic heterocycles. The molecule has 0 aliphatic carbocycles. The van der Waals surface area contributed by atoms with E-state index in [9.17, 15) is 22.7 Å². The Hall–Kier alpha value is -5.80. The van der Waals surface area contributed by atoms with Crippen molar-refractivity contribution in [2.45, 2.75) is 56.6 Å². The number of aryl methyl sites for hydroxylation is 2. The number of aliphatic hydroxyl groups is 1. The quantitative estimate of drug-likeness (QED) is 0.110. The van der Waals surface area contributed by atoms with Crippen molar-refractivity contribution >= 4 is 0 Å². The number of H-pyrrole nitrogens is 1. The third-order valence-electron chi connectivity index (χ3n) is 9.61. The van der Waals surface area contributed by atoms with Crippen molar-refractivity contribution in [3.8, 4) is 0 Å². The van der Waals surface area contributed by atoms with Crippen LogP contribution in [0.25, 0.3) is 0 Å². The van der Waals surface area contributed by atoms with Gasteiger partial charge in [0.1, 0.15) is 28.9 Å². The maximum Gasteiger partial charge on any atom is 0.131 e. The van der Waals surface area contributed by atoms with Crippen LogP contribution in [0.15, 0.2) is 152 Å². The van der Waals surface area contributed by atoms with Gasteiger partial charge < -0.3 is 14.7 Å². The molecule has 2 unspecified atom stereocenters. The maximum atomic E-state index is 13.6. The van der Waals surface area contributed by atoms with Crippen LogP contribution in [0.1, 0.15) is 70.8 Å². The van der Waals surface area contributed by atoms with Crippen LogP contribution in [-0.2, 0) is 25.0 Å². The van der Waals surface area contributed by atoms with E-state index in [1.807, 2.05) is 65.4 Å². The highest BCUT2D eigenvalue weighted by molar-refractivity contribution is 5.33. The summed E-state index contributed by atoms with van der Waals surface area (Å²) >= 11 is 0. The summed E-state index contributed by atoms with van der Waals surface area (Å²) in [6.07, 6.45) is 11.4. The zero-order chi connectivity index (χ0) is 37.8. The summed E-state index contributed by atoms with van der Waals surface area (Å²) in [7, 11) is 0. The lowest BCUT2D eigenvalue weighted by Crippen LogP contribution is -2.30. The van der Waals surface area contributed by atoms with E-state index in [0.717, 1.165) is 47.2 Å². The van der Waals surface area contributed by atoms with Crippen molar-refractivity contribution in [3.63, 3.8) is 0 Å². The minimum absolute atomic E-state index is 0.151. The molecule has 0 saturated carbocycles. The SMILES string of the molecule is Fc1ccc(CCCC(c2ccc(F)cc2)c2cnc[nH]2)cc1.OC(CCCc1ccc(F)cc1)(c1ccc(F)cc1)c1cncn1Cc1ccccc1. The molecule has 0 spiro atoms. The number of nitrogens with one attached hydrogen (secondary N) is 1. The van der Waals surface area contributed by atoms with Gasteiger partial charge in [-0.3, -0.25) is 0 Å². The van der Waals surface area contributed by atoms with Crippen molar-refractivity contribution in [1.82, 2.24) is 19.5 Å². The number of hydrogen-bond acceptors (Lipinski definition) is 3. The van der Waals surface area contributed by atoms with Gasteiger partial charge in [-0.15, -0.1) is 0 Å². The fourth-order valence-corrected chi connectivity index (χ4v) is 6.73. The van der Waals surface area contributed by atoms with Crippen LogP contribution in [0.3, 0.4) is 0 Å². The molecular formula is C45H42F4N4O. The van der Waals surface area contributed by atoms with E-state index in [0.29, 0.717) is 37.1 Å². The molecule has 0 radical (unpaired) electrons.